The third-order valence-corrected chi connectivity index (χ3v) is 7.45. The lowest BCUT2D eigenvalue weighted by Gasteiger charge is -2.32. The molecule has 1 aliphatic rings. The van der Waals surface area contributed by atoms with Crippen LogP contribution in [0.2, 0.25) is 0 Å². The molecule has 3 heterocycles. The summed E-state index contributed by atoms with van der Waals surface area (Å²) >= 11 is 0. The van der Waals surface area contributed by atoms with Gasteiger partial charge in [-0.05, 0) is 70.2 Å². The van der Waals surface area contributed by atoms with Crippen molar-refractivity contribution in [3.8, 4) is 11.4 Å². The summed E-state index contributed by atoms with van der Waals surface area (Å²) in [5.41, 5.74) is 4.11. The van der Waals surface area contributed by atoms with Gasteiger partial charge in [0.05, 0.1) is 23.2 Å². The molecule has 0 bridgehead atoms. The van der Waals surface area contributed by atoms with Gasteiger partial charge < -0.3 is 23.9 Å². The first-order chi connectivity index (χ1) is 18.9. The smallest absolute Gasteiger partial charge is 0.326 e. The molecule has 4 rings (SSSR count). The van der Waals surface area contributed by atoms with Crippen molar-refractivity contribution in [1.82, 2.24) is 24.3 Å². The molecule has 3 atom stereocenters. The fraction of sp³-hybridized carbons (Fsp3) is 0.533. The highest BCUT2D eigenvalue weighted by molar-refractivity contribution is 5.81. The molecule has 0 radical (unpaired) electrons. The number of benzene rings is 1. The number of aromatic nitrogens is 3. The minimum Gasteiger partial charge on any atom is -0.462 e. The van der Waals surface area contributed by atoms with Crippen molar-refractivity contribution >= 4 is 22.9 Å². The monoisotopic (exact) mass is 551 g/mol. The van der Waals surface area contributed by atoms with Crippen LogP contribution in [-0.2, 0) is 34.5 Å². The first-order valence-electron chi connectivity index (χ1n) is 14.0. The number of pyridine rings is 1. The lowest BCUT2D eigenvalue weighted by molar-refractivity contribution is -0.152. The number of aliphatic hydroxyl groups excluding tert-OH is 1. The zero-order valence-corrected chi connectivity index (χ0v) is 24.3. The molecule has 1 aliphatic heterocycles. The van der Waals surface area contributed by atoms with Crippen molar-refractivity contribution in [3.05, 3.63) is 51.9 Å². The van der Waals surface area contributed by atoms with E-state index in [2.05, 4.69) is 9.88 Å². The van der Waals surface area contributed by atoms with E-state index in [0.29, 0.717) is 25.2 Å². The topological polar surface area (TPSA) is 119 Å². The highest BCUT2D eigenvalue weighted by Crippen LogP contribution is 2.29. The molecule has 2 N–H and O–H groups in total. The molecule has 3 aromatic rings. The molecule has 216 valence electrons. The van der Waals surface area contributed by atoms with Crippen LogP contribution in [0.15, 0.2) is 35.3 Å². The van der Waals surface area contributed by atoms with Gasteiger partial charge in [0.15, 0.2) is 0 Å². The number of ether oxygens (including phenoxy) is 1. The van der Waals surface area contributed by atoms with Gasteiger partial charge in [-0.2, -0.15) is 0 Å². The Bertz CT molecular complexity index is 1410. The number of likely N-dealkylation sites (tertiary alicyclic amines) is 1. The van der Waals surface area contributed by atoms with Crippen LogP contribution in [0, 0.1) is 12.8 Å². The SMILES string of the molecule is CC(=O)N1CCCC(Cn2c(-c3cc(C)c(=O)n(C)c3)nc3ccc(CNC(C(=O)OC(C)C)C(C)O)cc32)C1. The third-order valence-electron chi connectivity index (χ3n) is 7.45. The molecule has 1 aromatic carbocycles. The molecule has 1 saturated heterocycles. The Morgan fingerprint density at radius 3 is 2.62 bits per heavy atom. The molecule has 2 aromatic heterocycles. The van der Waals surface area contributed by atoms with Gasteiger partial charge in [0.25, 0.3) is 5.56 Å². The van der Waals surface area contributed by atoms with E-state index >= 15 is 0 Å². The number of nitrogens with zero attached hydrogens (tertiary/aromatic N) is 4. The predicted molar refractivity (Wildman–Crippen MR) is 154 cm³/mol. The van der Waals surface area contributed by atoms with Gasteiger partial charge in [0.1, 0.15) is 11.9 Å². The second kappa shape index (κ2) is 12.3. The molecule has 0 aliphatic carbocycles. The summed E-state index contributed by atoms with van der Waals surface area (Å²) in [4.78, 5) is 43.9. The van der Waals surface area contributed by atoms with Crippen LogP contribution in [0.5, 0.6) is 0 Å². The maximum Gasteiger partial charge on any atom is 0.326 e. The first-order valence-corrected chi connectivity index (χ1v) is 14.0. The van der Waals surface area contributed by atoms with E-state index in [4.69, 9.17) is 9.72 Å². The van der Waals surface area contributed by atoms with E-state index in [1.807, 2.05) is 35.4 Å². The minimum atomic E-state index is -0.921. The molecule has 1 amide bonds. The van der Waals surface area contributed by atoms with Gasteiger partial charge >= 0.3 is 5.97 Å². The normalized spacial score (nSPS) is 17.3. The maximum absolute atomic E-state index is 12.5. The maximum atomic E-state index is 12.5. The molecule has 1 fully saturated rings. The van der Waals surface area contributed by atoms with Crippen LogP contribution in [0.1, 0.15) is 51.7 Å². The Labute approximate surface area is 235 Å². The van der Waals surface area contributed by atoms with Crippen molar-refractivity contribution in [2.75, 3.05) is 13.1 Å². The van der Waals surface area contributed by atoms with E-state index in [1.54, 1.807) is 46.2 Å². The number of aryl methyl sites for hydroxylation is 2. The van der Waals surface area contributed by atoms with E-state index in [-0.39, 0.29) is 23.5 Å². The number of piperidine rings is 1. The molecular weight excluding hydrogens is 510 g/mol. The summed E-state index contributed by atoms with van der Waals surface area (Å²) in [7, 11) is 1.74. The Morgan fingerprint density at radius 1 is 1.23 bits per heavy atom. The summed E-state index contributed by atoms with van der Waals surface area (Å²) in [5, 5.41) is 13.3. The predicted octanol–water partition coefficient (Wildman–Crippen LogP) is 2.76. The number of carbonyl (C=O) groups excluding carboxylic acids is 2. The number of amides is 1. The highest BCUT2D eigenvalue weighted by Gasteiger charge is 2.27. The molecule has 10 heteroatoms. The van der Waals surface area contributed by atoms with Gasteiger partial charge in [0, 0.05) is 57.5 Å². The Kier molecular flexibility index (Phi) is 9.10. The average molecular weight is 552 g/mol. The second-order valence-electron chi connectivity index (χ2n) is 11.3. The number of fused-ring (bicyclic) bond motifs is 1. The van der Waals surface area contributed by atoms with Gasteiger partial charge in [0.2, 0.25) is 5.91 Å². The fourth-order valence-electron chi connectivity index (χ4n) is 5.43. The van der Waals surface area contributed by atoms with Crippen molar-refractivity contribution in [1.29, 1.82) is 0 Å². The minimum absolute atomic E-state index is 0.0483. The lowest BCUT2D eigenvalue weighted by atomic mass is 9.97. The lowest BCUT2D eigenvalue weighted by Crippen LogP contribution is -2.46. The molecule has 10 nitrogen and oxygen atoms in total. The number of hydrogen-bond acceptors (Lipinski definition) is 7. The van der Waals surface area contributed by atoms with E-state index in [9.17, 15) is 19.5 Å². The summed E-state index contributed by atoms with van der Waals surface area (Å²) in [6.07, 6.45) is 2.57. The highest BCUT2D eigenvalue weighted by atomic mass is 16.5. The Hall–Kier alpha value is -3.50. The standard InChI is InChI=1S/C30H41N5O5/c1-18(2)40-30(39)27(20(4)36)31-14-22-9-10-25-26(13-22)35(16-23-8-7-11-34(15-23)21(5)37)28(32-25)24-12-19(3)29(38)33(6)17-24/h9-10,12-13,17-18,20,23,27,31,36H,7-8,11,14-16H2,1-6H3. The van der Waals surface area contributed by atoms with Gasteiger partial charge in [-0.25, -0.2) is 4.98 Å². The molecule has 0 saturated carbocycles. The van der Waals surface area contributed by atoms with E-state index < -0.39 is 18.1 Å². The second-order valence-corrected chi connectivity index (χ2v) is 11.3. The summed E-state index contributed by atoms with van der Waals surface area (Å²) in [6, 6.07) is 6.97. The summed E-state index contributed by atoms with van der Waals surface area (Å²) in [6.45, 7) is 11.0. The number of imidazole rings is 1. The molecule has 40 heavy (non-hydrogen) atoms. The molecule has 3 unspecified atom stereocenters. The van der Waals surface area contributed by atoms with Crippen molar-refractivity contribution in [2.45, 2.75) is 78.8 Å². The van der Waals surface area contributed by atoms with Crippen LogP contribution in [0.4, 0.5) is 0 Å². The fourth-order valence-corrected chi connectivity index (χ4v) is 5.43. The molecule has 0 spiro atoms. The number of carbonyl (C=O) groups is 2. The van der Waals surface area contributed by atoms with Crippen LogP contribution >= 0.6 is 0 Å². The Morgan fingerprint density at radius 2 is 1.98 bits per heavy atom. The Balaban J connectivity index is 1.71. The van der Waals surface area contributed by atoms with Crippen LogP contribution < -0.4 is 10.9 Å². The largest absolute Gasteiger partial charge is 0.462 e. The average Bonchev–Trinajstić information content (AvgIpc) is 3.24. The van der Waals surface area contributed by atoms with Gasteiger partial charge in [-0.3, -0.25) is 19.7 Å². The number of nitrogens with one attached hydrogen (secondary N) is 1. The third kappa shape index (κ3) is 6.62. The zero-order chi connectivity index (χ0) is 29.1. The van der Waals surface area contributed by atoms with Crippen molar-refractivity contribution < 1.29 is 19.4 Å². The van der Waals surface area contributed by atoms with Gasteiger partial charge in [-0.1, -0.05) is 6.07 Å². The number of aliphatic hydroxyl groups is 1. The van der Waals surface area contributed by atoms with Gasteiger partial charge in [-0.15, -0.1) is 0 Å². The number of hydrogen-bond donors (Lipinski definition) is 2. The van der Waals surface area contributed by atoms with E-state index in [1.165, 1.54) is 0 Å². The summed E-state index contributed by atoms with van der Waals surface area (Å²) in [5.74, 6) is 0.623. The molecular formula is C30H41N5O5. The van der Waals surface area contributed by atoms with Crippen LogP contribution in [0.25, 0.3) is 22.4 Å². The van der Waals surface area contributed by atoms with Crippen LogP contribution in [-0.4, -0.2) is 67.3 Å². The first kappa shape index (κ1) is 29.5. The van der Waals surface area contributed by atoms with Crippen molar-refractivity contribution in [2.24, 2.45) is 13.0 Å². The van der Waals surface area contributed by atoms with Crippen molar-refractivity contribution in [3.63, 3.8) is 0 Å². The van der Waals surface area contributed by atoms with Crippen LogP contribution in [0.3, 0.4) is 0 Å². The number of rotatable bonds is 9. The quantitative estimate of drug-likeness (QED) is 0.393. The number of esters is 1. The van der Waals surface area contributed by atoms with E-state index in [0.717, 1.165) is 47.4 Å². The zero-order valence-electron chi connectivity index (χ0n) is 24.3. The summed E-state index contributed by atoms with van der Waals surface area (Å²) < 4.78 is 9.08.